The Balaban J connectivity index is 1.37. The van der Waals surface area contributed by atoms with Gasteiger partial charge in [-0.15, -0.1) is 0 Å². The van der Waals surface area contributed by atoms with E-state index in [1.165, 1.54) is 5.39 Å². The SMILES string of the molecule is CNC1CCN(C(=O)c2ccc(COc3ccc4ccccc4c3)o2)CC1. The van der Waals surface area contributed by atoms with Gasteiger partial charge >= 0.3 is 0 Å². The highest BCUT2D eigenvalue weighted by atomic mass is 16.5. The number of ether oxygens (including phenoxy) is 1. The minimum atomic E-state index is -0.0403. The Morgan fingerprint density at radius 1 is 1.11 bits per heavy atom. The molecule has 4 rings (SSSR count). The molecule has 0 bridgehead atoms. The van der Waals surface area contributed by atoms with Crippen molar-refractivity contribution >= 4 is 16.7 Å². The van der Waals surface area contributed by atoms with Gasteiger partial charge in [0.05, 0.1) is 0 Å². The van der Waals surface area contributed by atoms with Crippen molar-refractivity contribution in [1.29, 1.82) is 0 Å². The molecule has 0 spiro atoms. The molecule has 27 heavy (non-hydrogen) atoms. The number of nitrogens with one attached hydrogen (secondary N) is 1. The molecule has 5 nitrogen and oxygen atoms in total. The van der Waals surface area contributed by atoms with E-state index >= 15 is 0 Å². The van der Waals surface area contributed by atoms with Crippen LogP contribution < -0.4 is 10.1 Å². The summed E-state index contributed by atoms with van der Waals surface area (Å²) >= 11 is 0. The van der Waals surface area contributed by atoms with Crippen LogP contribution in [0.25, 0.3) is 10.8 Å². The lowest BCUT2D eigenvalue weighted by Crippen LogP contribution is -2.43. The molecule has 1 fully saturated rings. The second kappa shape index (κ2) is 7.84. The Labute approximate surface area is 158 Å². The Bertz CT molecular complexity index is 926. The standard InChI is InChI=1S/C22H24N2O3/c1-23-18-10-12-24(13-11-18)22(25)21-9-8-20(27-21)15-26-19-7-6-16-4-2-3-5-17(16)14-19/h2-9,14,18,23H,10-13,15H2,1H3. The number of nitrogens with zero attached hydrogens (tertiary/aromatic N) is 1. The van der Waals surface area contributed by atoms with E-state index in [2.05, 4.69) is 17.4 Å². The molecule has 1 aliphatic heterocycles. The number of furan rings is 1. The van der Waals surface area contributed by atoms with Crippen molar-refractivity contribution in [3.05, 3.63) is 66.1 Å². The molecule has 1 N–H and O–H groups in total. The number of fused-ring (bicyclic) bond motifs is 1. The fraction of sp³-hybridized carbons (Fsp3) is 0.318. The van der Waals surface area contributed by atoms with Crippen LogP contribution in [-0.2, 0) is 6.61 Å². The molecule has 2 heterocycles. The number of carbonyl (C=O) groups excluding carboxylic acids is 1. The van der Waals surface area contributed by atoms with Crippen LogP contribution in [0.2, 0.25) is 0 Å². The van der Waals surface area contributed by atoms with Crippen molar-refractivity contribution < 1.29 is 13.9 Å². The number of carbonyl (C=O) groups is 1. The van der Waals surface area contributed by atoms with Crippen LogP contribution in [-0.4, -0.2) is 37.0 Å². The Kier molecular flexibility index (Phi) is 5.12. The number of benzene rings is 2. The number of hydrogen-bond donors (Lipinski definition) is 1. The summed E-state index contributed by atoms with van der Waals surface area (Å²) in [5.74, 6) is 1.78. The average molecular weight is 364 g/mol. The summed E-state index contributed by atoms with van der Waals surface area (Å²) in [6.45, 7) is 1.81. The van der Waals surface area contributed by atoms with Crippen LogP contribution in [0, 0.1) is 0 Å². The van der Waals surface area contributed by atoms with Gasteiger partial charge in [0, 0.05) is 19.1 Å². The third-order valence-electron chi connectivity index (χ3n) is 5.16. The van der Waals surface area contributed by atoms with Crippen molar-refractivity contribution in [1.82, 2.24) is 10.2 Å². The van der Waals surface area contributed by atoms with Gasteiger partial charge in [0.15, 0.2) is 5.76 Å². The fourth-order valence-corrected chi connectivity index (χ4v) is 3.51. The minimum Gasteiger partial charge on any atom is -0.486 e. The Morgan fingerprint density at radius 2 is 1.89 bits per heavy atom. The molecule has 0 aliphatic carbocycles. The van der Waals surface area contributed by atoms with E-state index in [9.17, 15) is 4.79 Å². The summed E-state index contributed by atoms with van der Waals surface area (Å²) in [4.78, 5) is 14.5. The molecule has 5 heteroatoms. The largest absolute Gasteiger partial charge is 0.486 e. The fourth-order valence-electron chi connectivity index (χ4n) is 3.51. The zero-order chi connectivity index (χ0) is 18.6. The van der Waals surface area contributed by atoms with Gasteiger partial charge in [-0.2, -0.15) is 0 Å². The number of piperidine rings is 1. The molecule has 0 unspecified atom stereocenters. The molecule has 0 atom stereocenters. The van der Waals surface area contributed by atoms with Gasteiger partial charge in [0.2, 0.25) is 0 Å². The maximum absolute atomic E-state index is 12.6. The lowest BCUT2D eigenvalue weighted by Gasteiger charge is -2.31. The third-order valence-corrected chi connectivity index (χ3v) is 5.16. The average Bonchev–Trinajstić information content (AvgIpc) is 3.20. The molecule has 1 saturated heterocycles. The third kappa shape index (κ3) is 3.98. The molecular weight excluding hydrogens is 340 g/mol. The second-order valence-electron chi connectivity index (χ2n) is 6.92. The number of likely N-dealkylation sites (tertiary alicyclic amines) is 1. The molecule has 1 aromatic heterocycles. The number of amides is 1. The maximum Gasteiger partial charge on any atom is 0.289 e. The molecule has 2 aromatic carbocycles. The quantitative estimate of drug-likeness (QED) is 0.747. The highest BCUT2D eigenvalue weighted by Gasteiger charge is 2.24. The van der Waals surface area contributed by atoms with Gasteiger partial charge in [-0.3, -0.25) is 4.79 Å². The van der Waals surface area contributed by atoms with Gasteiger partial charge in [0.25, 0.3) is 5.91 Å². The van der Waals surface area contributed by atoms with Crippen LogP contribution in [0.5, 0.6) is 5.75 Å². The molecule has 0 radical (unpaired) electrons. The summed E-state index contributed by atoms with van der Waals surface area (Å²) in [5.41, 5.74) is 0. The van der Waals surface area contributed by atoms with Gasteiger partial charge in [-0.1, -0.05) is 30.3 Å². The van der Waals surface area contributed by atoms with E-state index < -0.39 is 0 Å². The summed E-state index contributed by atoms with van der Waals surface area (Å²) in [6.07, 6.45) is 1.95. The van der Waals surface area contributed by atoms with Gasteiger partial charge in [-0.25, -0.2) is 0 Å². The van der Waals surface area contributed by atoms with Crippen LogP contribution >= 0.6 is 0 Å². The number of rotatable bonds is 5. The van der Waals surface area contributed by atoms with Crippen LogP contribution in [0.4, 0.5) is 0 Å². The van der Waals surface area contributed by atoms with E-state index in [-0.39, 0.29) is 5.91 Å². The van der Waals surface area contributed by atoms with Crippen LogP contribution in [0.15, 0.2) is 59.0 Å². The van der Waals surface area contributed by atoms with E-state index in [1.807, 2.05) is 48.3 Å². The maximum atomic E-state index is 12.6. The Hall–Kier alpha value is -2.79. The molecule has 3 aromatic rings. The normalized spacial score (nSPS) is 15.2. The van der Waals surface area contributed by atoms with Gasteiger partial charge in [0.1, 0.15) is 18.1 Å². The van der Waals surface area contributed by atoms with Gasteiger partial charge < -0.3 is 19.4 Å². The monoisotopic (exact) mass is 364 g/mol. The van der Waals surface area contributed by atoms with Crippen molar-refractivity contribution in [2.45, 2.75) is 25.5 Å². The first-order valence-corrected chi connectivity index (χ1v) is 9.40. The first-order chi connectivity index (χ1) is 13.2. The van der Waals surface area contributed by atoms with E-state index in [0.29, 0.717) is 24.2 Å². The summed E-state index contributed by atoms with van der Waals surface area (Å²) in [7, 11) is 1.97. The van der Waals surface area contributed by atoms with E-state index in [0.717, 1.165) is 37.1 Å². The molecule has 0 saturated carbocycles. The second-order valence-corrected chi connectivity index (χ2v) is 6.92. The summed E-state index contributed by atoms with van der Waals surface area (Å²) < 4.78 is 11.6. The van der Waals surface area contributed by atoms with Crippen LogP contribution in [0.1, 0.15) is 29.2 Å². The highest BCUT2D eigenvalue weighted by Crippen LogP contribution is 2.22. The molecular formula is C22H24N2O3. The zero-order valence-corrected chi connectivity index (χ0v) is 15.5. The first kappa shape index (κ1) is 17.6. The first-order valence-electron chi connectivity index (χ1n) is 9.40. The van der Waals surface area contributed by atoms with Crippen molar-refractivity contribution in [2.75, 3.05) is 20.1 Å². The molecule has 1 amide bonds. The van der Waals surface area contributed by atoms with Crippen molar-refractivity contribution in [2.24, 2.45) is 0 Å². The Morgan fingerprint density at radius 3 is 2.67 bits per heavy atom. The molecule has 1 aliphatic rings. The summed E-state index contributed by atoms with van der Waals surface area (Å²) in [5, 5.41) is 5.59. The zero-order valence-electron chi connectivity index (χ0n) is 15.5. The topological polar surface area (TPSA) is 54.7 Å². The predicted molar refractivity (Wildman–Crippen MR) is 105 cm³/mol. The lowest BCUT2D eigenvalue weighted by molar-refractivity contribution is 0.0671. The minimum absolute atomic E-state index is 0.0403. The summed E-state index contributed by atoms with van der Waals surface area (Å²) in [6, 6.07) is 18.2. The predicted octanol–water partition coefficient (Wildman–Crippen LogP) is 3.84. The molecule has 140 valence electrons. The lowest BCUT2D eigenvalue weighted by atomic mass is 10.1. The van der Waals surface area contributed by atoms with Crippen molar-refractivity contribution in [3.8, 4) is 5.75 Å². The van der Waals surface area contributed by atoms with Crippen molar-refractivity contribution in [3.63, 3.8) is 0 Å². The smallest absolute Gasteiger partial charge is 0.289 e. The van der Waals surface area contributed by atoms with Gasteiger partial charge in [-0.05, 0) is 54.9 Å². The van der Waals surface area contributed by atoms with Crippen LogP contribution in [0.3, 0.4) is 0 Å². The van der Waals surface area contributed by atoms with E-state index in [4.69, 9.17) is 9.15 Å². The van der Waals surface area contributed by atoms with E-state index in [1.54, 1.807) is 6.07 Å². The highest BCUT2D eigenvalue weighted by molar-refractivity contribution is 5.91. The number of hydrogen-bond acceptors (Lipinski definition) is 4.